The molecule has 0 aromatic carbocycles. The SMILES string of the molecule is CCC1SCCSC1c1noc(CC(O)CC(C)C)n1. The van der Waals surface area contributed by atoms with Crippen LogP contribution in [0.4, 0.5) is 0 Å². The van der Waals surface area contributed by atoms with E-state index in [1.165, 1.54) is 5.75 Å². The van der Waals surface area contributed by atoms with Crippen LogP contribution in [-0.4, -0.2) is 38.1 Å². The van der Waals surface area contributed by atoms with Crippen molar-refractivity contribution < 1.29 is 9.63 Å². The molecule has 1 saturated heterocycles. The predicted molar refractivity (Wildman–Crippen MR) is 85.2 cm³/mol. The van der Waals surface area contributed by atoms with Crippen molar-refractivity contribution in [2.45, 2.75) is 56.6 Å². The standard InChI is InChI=1S/C14H24N2O2S2/c1-4-11-13(20-6-5-19-11)14-15-12(18-16-14)8-10(17)7-9(2)3/h9-11,13,17H,4-8H2,1-3H3. The molecule has 0 radical (unpaired) electrons. The van der Waals surface area contributed by atoms with Gasteiger partial charge in [0, 0.05) is 16.8 Å². The number of aliphatic hydroxyl groups is 1. The van der Waals surface area contributed by atoms with Crippen LogP contribution in [0, 0.1) is 5.92 Å². The Bertz CT molecular complexity index is 412. The van der Waals surface area contributed by atoms with E-state index in [4.69, 9.17) is 4.52 Å². The molecule has 1 aromatic heterocycles. The number of hydrogen-bond donors (Lipinski definition) is 1. The first-order valence-electron chi connectivity index (χ1n) is 7.33. The average Bonchev–Trinajstić information content (AvgIpc) is 2.85. The Balaban J connectivity index is 1.97. The third kappa shape index (κ3) is 4.40. The van der Waals surface area contributed by atoms with Crippen LogP contribution in [0.5, 0.6) is 0 Å². The fourth-order valence-corrected chi connectivity index (χ4v) is 5.42. The molecule has 114 valence electrons. The number of thioether (sulfide) groups is 2. The van der Waals surface area contributed by atoms with Crippen molar-refractivity contribution in [3.8, 4) is 0 Å². The summed E-state index contributed by atoms with van der Waals surface area (Å²) in [5.74, 6) is 4.20. The summed E-state index contributed by atoms with van der Waals surface area (Å²) < 4.78 is 5.32. The number of nitrogens with zero attached hydrogens (tertiary/aromatic N) is 2. The van der Waals surface area contributed by atoms with E-state index < -0.39 is 6.10 Å². The minimum atomic E-state index is -0.390. The highest BCUT2D eigenvalue weighted by Gasteiger charge is 2.30. The van der Waals surface area contributed by atoms with Crippen molar-refractivity contribution in [3.05, 3.63) is 11.7 Å². The lowest BCUT2D eigenvalue weighted by atomic mass is 10.0. The van der Waals surface area contributed by atoms with Gasteiger partial charge in [0.2, 0.25) is 5.89 Å². The van der Waals surface area contributed by atoms with Crippen molar-refractivity contribution in [3.63, 3.8) is 0 Å². The van der Waals surface area contributed by atoms with Gasteiger partial charge in [-0.25, -0.2) is 0 Å². The number of hydrogen-bond acceptors (Lipinski definition) is 6. The summed E-state index contributed by atoms with van der Waals surface area (Å²) in [4.78, 5) is 4.51. The Kier molecular flexibility index (Phi) is 6.23. The normalized spacial score (nSPS) is 25.1. The number of aliphatic hydroxyl groups excluding tert-OH is 1. The van der Waals surface area contributed by atoms with Crippen molar-refractivity contribution in [1.82, 2.24) is 10.1 Å². The largest absolute Gasteiger partial charge is 0.393 e. The second-order valence-corrected chi connectivity index (χ2v) is 8.24. The fraction of sp³-hybridized carbons (Fsp3) is 0.857. The van der Waals surface area contributed by atoms with Crippen molar-refractivity contribution >= 4 is 23.5 Å². The maximum atomic E-state index is 9.95. The molecule has 2 rings (SSSR count). The van der Waals surface area contributed by atoms with Gasteiger partial charge in [0.25, 0.3) is 0 Å². The van der Waals surface area contributed by atoms with E-state index in [-0.39, 0.29) is 0 Å². The van der Waals surface area contributed by atoms with Crippen LogP contribution < -0.4 is 0 Å². The lowest BCUT2D eigenvalue weighted by Gasteiger charge is -2.27. The topological polar surface area (TPSA) is 59.2 Å². The molecule has 0 saturated carbocycles. The quantitative estimate of drug-likeness (QED) is 0.869. The Labute approximate surface area is 129 Å². The van der Waals surface area contributed by atoms with Gasteiger partial charge in [-0.2, -0.15) is 16.7 Å². The maximum Gasteiger partial charge on any atom is 0.229 e. The van der Waals surface area contributed by atoms with Gasteiger partial charge in [0.1, 0.15) is 0 Å². The molecule has 0 aliphatic carbocycles. The molecule has 1 fully saturated rings. The van der Waals surface area contributed by atoms with Crippen molar-refractivity contribution in [2.75, 3.05) is 11.5 Å². The summed E-state index contributed by atoms with van der Waals surface area (Å²) in [7, 11) is 0. The van der Waals surface area contributed by atoms with E-state index >= 15 is 0 Å². The highest BCUT2D eigenvalue weighted by molar-refractivity contribution is 8.06. The van der Waals surface area contributed by atoms with Crippen LogP contribution in [0.3, 0.4) is 0 Å². The van der Waals surface area contributed by atoms with Crippen LogP contribution in [-0.2, 0) is 6.42 Å². The second kappa shape index (κ2) is 7.71. The minimum absolute atomic E-state index is 0.332. The molecule has 20 heavy (non-hydrogen) atoms. The molecule has 0 amide bonds. The molecule has 1 aliphatic heterocycles. The van der Waals surface area contributed by atoms with Gasteiger partial charge in [-0.15, -0.1) is 11.8 Å². The minimum Gasteiger partial charge on any atom is -0.393 e. The molecular weight excluding hydrogens is 292 g/mol. The van der Waals surface area contributed by atoms with Gasteiger partial charge in [0.05, 0.1) is 17.8 Å². The van der Waals surface area contributed by atoms with E-state index in [0.717, 1.165) is 24.4 Å². The van der Waals surface area contributed by atoms with Crippen LogP contribution in [0.25, 0.3) is 0 Å². The lowest BCUT2D eigenvalue weighted by Crippen LogP contribution is -2.19. The van der Waals surface area contributed by atoms with Gasteiger partial charge in [-0.05, 0) is 18.8 Å². The average molecular weight is 316 g/mol. The van der Waals surface area contributed by atoms with Gasteiger partial charge in [-0.1, -0.05) is 25.9 Å². The maximum absolute atomic E-state index is 9.95. The third-order valence-electron chi connectivity index (χ3n) is 3.34. The Morgan fingerprint density at radius 2 is 2.10 bits per heavy atom. The lowest BCUT2D eigenvalue weighted by molar-refractivity contribution is 0.138. The highest BCUT2D eigenvalue weighted by atomic mass is 32.2. The molecule has 3 atom stereocenters. The predicted octanol–water partition coefficient (Wildman–Crippen LogP) is 3.32. The summed E-state index contributed by atoms with van der Waals surface area (Å²) in [5, 5.41) is 15.0. The van der Waals surface area contributed by atoms with Crippen LogP contribution in [0.15, 0.2) is 4.52 Å². The van der Waals surface area contributed by atoms with Crippen molar-refractivity contribution in [2.24, 2.45) is 5.92 Å². The summed E-state index contributed by atoms with van der Waals surface area (Å²) in [5.41, 5.74) is 0. The van der Waals surface area contributed by atoms with Gasteiger partial charge in [-0.3, -0.25) is 0 Å². The van der Waals surface area contributed by atoms with Crippen LogP contribution >= 0.6 is 23.5 Å². The van der Waals surface area contributed by atoms with Crippen molar-refractivity contribution in [1.29, 1.82) is 0 Å². The monoisotopic (exact) mass is 316 g/mol. The third-order valence-corrected chi connectivity index (χ3v) is 6.59. The molecule has 1 N–H and O–H groups in total. The van der Waals surface area contributed by atoms with Gasteiger partial charge < -0.3 is 9.63 Å². The molecule has 3 unspecified atom stereocenters. The van der Waals surface area contributed by atoms with E-state index in [9.17, 15) is 5.11 Å². The first-order chi connectivity index (χ1) is 9.60. The zero-order valence-corrected chi connectivity index (χ0v) is 14.0. The van der Waals surface area contributed by atoms with E-state index in [1.807, 2.05) is 23.5 Å². The molecule has 4 nitrogen and oxygen atoms in total. The molecular formula is C14H24N2O2S2. The number of rotatable bonds is 6. The highest BCUT2D eigenvalue weighted by Crippen LogP contribution is 2.42. The van der Waals surface area contributed by atoms with E-state index in [1.54, 1.807) is 0 Å². The Morgan fingerprint density at radius 1 is 1.35 bits per heavy atom. The first kappa shape index (κ1) is 16.2. The smallest absolute Gasteiger partial charge is 0.229 e. The van der Waals surface area contributed by atoms with Crippen LogP contribution in [0.1, 0.15) is 50.6 Å². The molecule has 6 heteroatoms. The molecule has 1 aromatic rings. The molecule has 0 spiro atoms. The summed E-state index contributed by atoms with van der Waals surface area (Å²) in [6.45, 7) is 6.42. The summed E-state index contributed by atoms with van der Waals surface area (Å²) >= 11 is 3.93. The van der Waals surface area contributed by atoms with Crippen LogP contribution in [0.2, 0.25) is 0 Å². The number of aromatic nitrogens is 2. The zero-order valence-electron chi connectivity index (χ0n) is 12.4. The Hall–Kier alpha value is -0.200. The summed E-state index contributed by atoms with van der Waals surface area (Å²) in [6, 6.07) is 0. The molecule has 1 aliphatic rings. The second-order valence-electron chi connectivity index (χ2n) is 5.64. The fourth-order valence-electron chi connectivity index (χ4n) is 2.44. The van der Waals surface area contributed by atoms with Gasteiger partial charge >= 0.3 is 0 Å². The van der Waals surface area contributed by atoms with Gasteiger partial charge in [0.15, 0.2) is 5.82 Å². The summed E-state index contributed by atoms with van der Waals surface area (Å²) in [6.07, 6.45) is 1.97. The van der Waals surface area contributed by atoms with E-state index in [2.05, 4.69) is 30.9 Å². The Morgan fingerprint density at radius 3 is 2.80 bits per heavy atom. The van der Waals surface area contributed by atoms with E-state index in [0.29, 0.717) is 28.7 Å². The first-order valence-corrected chi connectivity index (χ1v) is 9.43. The molecule has 2 heterocycles. The molecule has 0 bridgehead atoms. The zero-order chi connectivity index (χ0) is 14.5.